The Hall–Kier alpha value is -0.570. The molecule has 0 bridgehead atoms. The van der Waals surface area contributed by atoms with Crippen molar-refractivity contribution in [3.63, 3.8) is 0 Å². The van der Waals surface area contributed by atoms with Gasteiger partial charge in [-0.2, -0.15) is 0 Å². The summed E-state index contributed by atoms with van der Waals surface area (Å²) < 4.78 is 0. The molecular weight excluding hydrogens is 238 g/mol. The first-order chi connectivity index (χ1) is 9.09. The topological polar surface area (TPSA) is 49.3 Å². The average molecular weight is 267 g/mol. The van der Waals surface area contributed by atoms with Crippen molar-refractivity contribution in [2.75, 3.05) is 6.54 Å². The molecule has 3 nitrogen and oxygen atoms in total. The maximum absolute atomic E-state index is 12.2. The Kier molecular flexibility index (Phi) is 5.26. The van der Waals surface area contributed by atoms with Crippen LogP contribution in [0.3, 0.4) is 0 Å². The highest BCUT2D eigenvalue weighted by molar-refractivity contribution is 5.78. The normalized spacial score (nSPS) is 33.7. The number of aliphatic hydroxyl groups is 1. The third kappa shape index (κ3) is 4.48. The molecule has 2 rings (SSSR count). The highest BCUT2D eigenvalue weighted by Gasteiger charge is 2.32. The van der Waals surface area contributed by atoms with Crippen LogP contribution in [0.2, 0.25) is 0 Å². The Morgan fingerprint density at radius 2 is 1.68 bits per heavy atom. The van der Waals surface area contributed by atoms with Crippen LogP contribution >= 0.6 is 0 Å². The van der Waals surface area contributed by atoms with E-state index in [1.54, 1.807) is 0 Å². The summed E-state index contributed by atoms with van der Waals surface area (Å²) in [6.45, 7) is 2.69. The molecule has 0 aromatic rings. The summed E-state index contributed by atoms with van der Waals surface area (Å²) in [6, 6.07) is 0. The Labute approximate surface area is 117 Å². The van der Waals surface area contributed by atoms with E-state index in [-0.39, 0.29) is 11.8 Å². The van der Waals surface area contributed by atoms with Crippen LogP contribution in [0.15, 0.2) is 0 Å². The molecule has 110 valence electrons. The fraction of sp³-hybridized carbons (Fsp3) is 0.938. The lowest BCUT2D eigenvalue weighted by Crippen LogP contribution is -2.46. The largest absolute Gasteiger partial charge is 0.388 e. The molecule has 0 spiro atoms. The fourth-order valence-electron chi connectivity index (χ4n) is 3.41. The second-order valence-corrected chi connectivity index (χ2v) is 6.81. The molecule has 0 radical (unpaired) electrons. The molecule has 3 heteroatoms. The second-order valence-electron chi connectivity index (χ2n) is 6.81. The van der Waals surface area contributed by atoms with Crippen LogP contribution in [0.4, 0.5) is 0 Å². The molecule has 0 aliphatic heterocycles. The summed E-state index contributed by atoms with van der Waals surface area (Å²) in [4.78, 5) is 12.2. The molecule has 2 N–H and O–H groups in total. The van der Waals surface area contributed by atoms with E-state index in [2.05, 4.69) is 12.2 Å². The molecule has 0 aromatic heterocycles. The maximum atomic E-state index is 12.2. The van der Waals surface area contributed by atoms with E-state index in [4.69, 9.17) is 0 Å². The molecule has 0 saturated heterocycles. The van der Waals surface area contributed by atoms with E-state index < -0.39 is 5.60 Å². The Bertz CT molecular complexity index is 287. The van der Waals surface area contributed by atoms with Crippen LogP contribution in [0, 0.1) is 11.8 Å². The SMILES string of the molecule is CC1CCC(O)(CNC(=O)C2CCCCCC2)CC1. The van der Waals surface area contributed by atoms with Gasteiger partial charge in [0.05, 0.1) is 5.60 Å². The molecule has 0 aromatic carbocycles. The predicted molar refractivity (Wildman–Crippen MR) is 76.8 cm³/mol. The molecule has 19 heavy (non-hydrogen) atoms. The van der Waals surface area contributed by atoms with Gasteiger partial charge in [-0.1, -0.05) is 32.6 Å². The molecule has 2 saturated carbocycles. The fourth-order valence-corrected chi connectivity index (χ4v) is 3.41. The van der Waals surface area contributed by atoms with E-state index in [0.717, 1.165) is 44.4 Å². The lowest BCUT2D eigenvalue weighted by Gasteiger charge is -2.35. The van der Waals surface area contributed by atoms with Crippen molar-refractivity contribution >= 4 is 5.91 Å². The second kappa shape index (κ2) is 6.74. The van der Waals surface area contributed by atoms with Gasteiger partial charge in [0.2, 0.25) is 5.91 Å². The van der Waals surface area contributed by atoms with E-state index in [1.807, 2.05) is 0 Å². The summed E-state index contributed by atoms with van der Waals surface area (Å²) in [5.74, 6) is 1.08. The molecule has 0 atom stereocenters. The molecule has 2 aliphatic carbocycles. The Balaban J connectivity index is 1.76. The van der Waals surface area contributed by atoms with Gasteiger partial charge >= 0.3 is 0 Å². The summed E-state index contributed by atoms with van der Waals surface area (Å²) in [5.41, 5.74) is -0.646. The summed E-state index contributed by atoms with van der Waals surface area (Å²) in [5, 5.41) is 13.5. The highest BCUT2D eigenvalue weighted by Crippen LogP contribution is 2.31. The Morgan fingerprint density at radius 1 is 1.11 bits per heavy atom. The first-order valence-electron chi connectivity index (χ1n) is 8.09. The smallest absolute Gasteiger partial charge is 0.223 e. The summed E-state index contributed by atoms with van der Waals surface area (Å²) in [7, 11) is 0. The molecule has 0 unspecified atom stereocenters. The van der Waals surface area contributed by atoms with Gasteiger partial charge in [-0.05, 0) is 44.4 Å². The zero-order chi connectivity index (χ0) is 13.7. The molecular formula is C16H29NO2. The standard InChI is InChI=1S/C16H29NO2/c1-13-8-10-16(19,11-9-13)12-17-15(18)14-6-4-2-3-5-7-14/h13-14,19H,2-12H2,1H3,(H,17,18). The zero-order valence-corrected chi connectivity index (χ0v) is 12.3. The van der Waals surface area contributed by atoms with Crippen LogP contribution in [0.25, 0.3) is 0 Å². The van der Waals surface area contributed by atoms with Crippen LogP contribution in [0.5, 0.6) is 0 Å². The molecule has 2 fully saturated rings. The summed E-state index contributed by atoms with van der Waals surface area (Å²) in [6.07, 6.45) is 10.8. The van der Waals surface area contributed by atoms with Gasteiger partial charge in [-0.25, -0.2) is 0 Å². The van der Waals surface area contributed by atoms with E-state index in [0.29, 0.717) is 6.54 Å². The van der Waals surface area contributed by atoms with Gasteiger partial charge < -0.3 is 10.4 Å². The molecule has 2 aliphatic rings. The molecule has 0 heterocycles. The lowest BCUT2D eigenvalue weighted by molar-refractivity contribution is -0.127. The van der Waals surface area contributed by atoms with Crippen LogP contribution in [-0.2, 0) is 4.79 Å². The van der Waals surface area contributed by atoms with Crippen LogP contribution < -0.4 is 5.32 Å². The number of amides is 1. The lowest BCUT2D eigenvalue weighted by atomic mass is 9.79. The van der Waals surface area contributed by atoms with E-state index >= 15 is 0 Å². The van der Waals surface area contributed by atoms with Crippen molar-refractivity contribution in [2.45, 2.75) is 76.7 Å². The quantitative estimate of drug-likeness (QED) is 0.772. The highest BCUT2D eigenvalue weighted by atomic mass is 16.3. The number of nitrogens with one attached hydrogen (secondary N) is 1. The zero-order valence-electron chi connectivity index (χ0n) is 12.3. The first-order valence-corrected chi connectivity index (χ1v) is 8.09. The van der Waals surface area contributed by atoms with Gasteiger partial charge in [0.1, 0.15) is 0 Å². The van der Waals surface area contributed by atoms with Crippen LogP contribution in [0.1, 0.15) is 71.1 Å². The van der Waals surface area contributed by atoms with Gasteiger partial charge in [0.15, 0.2) is 0 Å². The molecule has 1 amide bonds. The number of carbonyl (C=O) groups excluding carboxylic acids is 1. The van der Waals surface area contributed by atoms with Gasteiger partial charge in [-0.15, -0.1) is 0 Å². The third-order valence-corrected chi connectivity index (χ3v) is 5.02. The van der Waals surface area contributed by atoms with Crippen LogP contribution in [-0.4, -0.2) is 23.2 Å². The first kappa shape index (κ1) is 14.8. The average Bonchev–Trinajstić information content (AvgIpc) is 2.69. The van der Waals surface area contributed by atoms with E-state index in [1.165, 1.54) is 25.7 Å². The van der Waals surface area contributed by atoms with Crippen molar-refractivity contribution in [3.8, 4) is 0 Å². The minimum Gasteiger partial charge on any atom is -0.388 e. The van der Waals surface area contributed by atoms with Crippen molar-refractivity contribution in [1.82, 2.24) is 5.32 Å². The Morgan fingerprint density at radius 3 is 2.26 bits per heavy atom. The number of hydrogen-bond acceptors (Lipinski definition) is 2. The monoisotopic (exact) mass is 267 g/mol. The van der Waals surface area contributed by atoms with Gasteiger partial charge in [0, 0.05) is 12.5 Å². The van der Waals surface area contributed by atoms with Crippen molar-refractivity contribution in [3.05, 3.63) is 0 Å². The van der Waals surface area contributed by atoms with Crippen molar-refractivity contribution in [2.24, 2.45) is 11.8 Å². The van der Waals surface area contributed by atoms with E-state index in [9.17, 15) is 9.90 Å². The van der Waals surface area contributed by atoms with Gasteiger partial charge in [-0.3, -0.25) is 4.79 Å². The summed E-state index contributed by atoms with van der Waals surface area (Å²) >= 11 is 0. The minimum absolute atomic E-state index is 0.175. The predicted octanol–water partition coefficient (Wildman–Crippen LogP) is 3.01. The minimum atomic E-state index is -0.646. The number of hydrogen-bond donors (Lipinski definition) is 2. The van der Waals surface area contributed by atoms with Crippen molar-refractivity contribution in [1.29, 1.82) is 0 Å². The number of rotatable bonds is 3. The number of carbonyl (C=O) groups is 1. The van der Waals surface area contributed by atoms with Gasteiger partial charge in [0.25, 0.3) is 0 Å². The third-order valence-electron chi connectivity index (χ3n) is 5.02. The maximum Gasteiger partial charge on any atom is 0.223 e. The van der Waals surface area contributed by atoms with Crippen molar-refractivity contribution < 1.29 is 9.90 Å².